The van der Waals surface area contributed by atoms with Crippen LogP contribution in [0.15, 0.2) is 48.6 Å². The average molecular weight is 599 g/mol. The van der Waals surface area contributed by atoms with E-state index in [0.717, 1.165) is 42.9 Å². The fourth-order valence-corrected chi connectivity index (χ4v) is 6.29. The number of aryl methyl sites for hydroxylation is 1. The van der Waals surface area contributed by atoms with Gasteiger partial charge in [-0.05, 0) is 56.2 Å². The number of carbonyl (C=O) groups is 1. The number of fused-ring (bicyclic) bond motifs is 2. The van der Waals surface area contributed by atoms with E-state index in [1.165, 1.54) is 34.2 Å². The lowest BCUT2D eigenvalue weighted by Crippen LogP contribution is -2.56. The van der Waals surface area contributed by atoms with Crippen LogP contribution in [0.5, 0.6) is 6.01 Å². The zero-order chi connectivity index (χ0) is 30.6. The highest BCUT2D eigenvalue weighted by Crippen LogP contribution is 2.36. The first-order valence-corrected chi connectivity index (χ1v) is 15.5. The predicted octanol–water partition coefficient (Wildman–Crippen LogP) is 4.91. The highest BCUT2D eigenvalue weighted by molar-refractivity contribution is 5.97. The maximum atomic E-state index is 12.8. The minimum atomic E-state index is -0.700. The van der Waals surface area contributed by atoms with Gasteiger partial charge in [-0.15, -0.1) is 0 Å². The topological polar surface area (TPSA) is 75.4 Å². The number of piperazine rings is 1. The average Bonchev–Trinajstić information content (AvgIpc) is 3.86. The number of ether oxygens (including phenoxy) is 2. The molecule has 3 heterocycles. The standard InChI is InChI=1S/C34H39FN6O3/c1-23-7-4-8-25-9-5-10-30(32(23)25)39-16-14-28-29(21-39)37-34(43-22-24(2)44-27-12-13-27)38-33(28)40-17-18-41(26(20-40)19-36-3)31(42)11-6-15-35/h4-11,24,26-27H,12-22H2,1-2H3/b11-6+/t24-,26+/m1/s1. The van der Waals surface area contributed by atoms with Crippen molar-refractivity contribution >= 4 is 28.2 Å². The molecule has 0 spiro atoms. The molecule has 9 nitrogen and oxygen atoms in total. The van der Waals surface area contributed by atoms with Crippen molar-refractivity contribution < 1.29 is 18.7 Å². The molecular weight excluding hydrogens is 559 g/mol. The second-order valence-corrected chi connectivity index (χ2v) is 11.9. The van der Waals surface area contributed by atoms with Gasteiger partial charge in [-0.3, -0.25) is 4.79 Å². The van der Waals surface area contributed by atoms with Gasteiger partial charge in [0.1, 0.15) is 25.1 Å². The molecule has 230 valence electrons. The number of allylic oxidation sites excluding steroid dienone is 1. The summed E-state index contributed by atoms with van der Waals surface area (Å²) in [5.41, 5.74) is 4.42. The van der Waals surface area contributed by atoms with E-state index < -0.39 is 6.67 Å². The van der Waals surface area contributed by atoms with Gasteiger partial charge in [-0.1, -0.05) is 30.3 Å². The van der Waals surface area contributed by atoms with Gasteiger partial charge in [0, 0.05) is 48.9 Å². The molecule has 1 saturated carbocycles. The third-order valence-corrected chi connectivity index (χ3v) is 8.57. The molecule has 2 atom stereocenters. The van der Waals surface area contributed by atoms with Gasteiger partial charge in [0.2, 0.25) is 12.5 Å². The number of benzene rings is 2. The summed E-state index contributed by atoms with van der Waals surface area (Å²) in [6.45, 7) is 14.3. The monoisotopic (exact) mass is 598 g/mol. The molecule has 2 aromatic carbocycles. The van der Waals surface area contributed by atoms with Crippen molar-refractivity contribution in [2.75, 3.05) is 55.8 Å². The number of aromatic nitrogens is 2. The first kappa shape index (κ1) is 29.8. The number of alkyl halides is 1. The molecule has 1 aliphatic carbocycles. The number of nitrogens with zero attached hydrogens (tertiary/aromatic N) is 6. The van der Waals surface area contributed by atoms with Gasteiger partial charge in [0.05, 0.1) is 24.4 Å². The second kappa shape index (κ2) is 13.2. The van der Waals surface area contributed by atoms with Crippen LogP contribution < -0.4 is 14.5 Å². The maximum absolute atomic E-state index is 12.8. The molecule has 2 fully saturated rings. The predicted molar refractivity (Wildman–Crippen MR) is 169 cm³/mol. The molecule has 3 aromatic rings. The summed E-state index contributed by atoms with van der Waals surface area (Å²) in [6.07, 6.45) is 5.67. The maximum Gasteiger partial charge on any atom is 0.318 e. The molecule has 0 N–H and O–H groups in total. The summed E-state index contributed by atoms with van der Waals surface area (Å²) in [5, 5.41) is 2.46. The van der Waals surface area contributed by atoms with Crippen LogP contribution in [-0.4, -0.2) is 85.0 Å². The fraction of sp³-hybridized carbons (Fsp3) is 0.471. The zero-order valence-electron chi connectivity index (χ0n) is 25.4. The quantitative estimate of drug-likeness (QED) is 0.243. The molecular formula is C34H39FN6O3. The first-order valence-electron chi connectivity index (χ1n) is 15.5. The molecule has 0 bridgehead atoms. The minimum Gasteiger partial charge on any atom is -0.461 e. The Morgan fingerprint density at radius 3 is 2.75 bits per heavy atom. The molecule has 6 rings (SSSR count). The summed E-state index contributed by atoms with van der Waals surface area (Å²) in [4.78, 5) is 32.5. The van der Waals surface area contributed by atoms with E-state index in [0.29, 0.717) is 44.9 Å². The van der Waals surface area contributed by atoms with Crippen LogP contribution in [0, 0.1) is 13.5 Å². The normalized spacial score (nSPS) is 19.2. The first-order chi connectivity index (χ1) is 21.4. The summed E-state index contributed by atoms with van der Waals surface area (Å²) in [5.74, 6) is 0.534. The Bertz CT molecular complexity index is 1580. The van der Waals surface area contributed by atoms with E-state index in [1.54, 1.807) is 4.90 Å². The molecule has 1 amide bonds. The highest BCUT2D eigenvalue weighted by Gasteiger charge is 2.35. The Morgan fingerprint density at radius 2 is 1.98 bits per heavy atom. The van der Waals surface area contributed by atoms with Gasteiger partial charge in [-0.2, -0.15) is 9.97 Å². The van der Waals surface area contributed by atoms with Gasteiger partial charge in [-0.25, -0.2) is 11.0 Å². The third-order valence-electron chi connectivity index (χ3n) is 8.57. The Morgan fingerprint density at radius 1 is 1.16 bits per heavy atom. The van der Waals surface area contributed by atoms with E-state index in [4.69, 9.17) is 26.0 Å². The van der Waals surface area contributed by atoms with E-state index in [9.17, 15) is 9.18 Å². The zero-order valence-corrected chi connectivity index (χ0v) is 25.4. The van der Waals surface area contributed by atoms with Crippen molar-refractivity contribution in [1.29, 1.82) is 0 Å². The summed E-state index contributed by atoms with van der Waals surface area (Å²) >= 11 is 0. The third kappa shape index (κ3) is 6.48. The molecule has 3 aliphatic rings. The van der Waals surface area contributed by atoms with Gasteiger partial charge in [0.25, 0.3) is 0 Å². The Labute approximate surface area is 258 Å². The lowest BCUT2D eigenvalue weighted by Gasteiger charge is -2.41. The van der Waals surface area contributed by atoms with Crippen molar-refractivity contribution in [3.05, 3.63) is 76.8 Å². The molecule has 0 unspecified atom stereocenters. The number of rotatable bonds is 10. The molecule has 0 radical (unpaired) electrons. The van der Waals surface area contributed by atoms with Crippen LogP contribution in [0.3, 0.4) is 0 Å². The highest BCUT2D eigenvalue weighted by atomic mass is 19.1. The van der Waals surface area contributed by atoms with E-state index in [2.05, 4.69) is 58.0 Å². The van der Waals surface area contributed by atoms with Crippen molar-refractivity contribution in [2.45, 2.75) is 57.9 Å². The fourth-order valence-electron chi connectivity index (χ4n) is 6.29. The number of anilines is 2. The lowest BCUT2D eigenvalue weighted by molar-refractivity contribution is -0.128. The molecule has 44 heavy (non-hydrogen) atoms. The van der Waals surface area contributed by atoms with E-state index in [1.807, 2.05) is 6.92 Å². The summed E-state index contributed by atoms with van der Waals surface area (Å²) < 4.78 is 24.8. The lowest BCUT2D eigenvalue weighted by atomic mass is 9.99. The molecule has 10 heteroatoms. The molecule has 1 aromatic heterocycles. The summed E-state index contributed by atoms with van der Waals surface area (Å²) in [7, 11) is 0. The van der Waals surface area contributed by atoms with Gasteiger partial charge < -0.3 is 29.0 Å². The molecule has 2 aliphatic heterocycles. The van der Waals surface area contributed by atoms with Crippen LogP contribution in [0.2, 0.25) is 0 Å². The number of hydrogen-bond donors (Lipinski definition) is 0. The number of amides is 1. The van der Waals surface area contributed by atoms with Crippen molar-refractivity contribution in [1.82, 2.24) is 14.9 Å². The van der Waals surface area contributed by atoms with E-state index >= 15 is 0 Å². The minimum absolute atomic E-state index is 0.0734. The van der Waals surface area contributed by atoms with Crippen LogP contribution >= 0.6 is 0 Å². The SMILES string of the molecule is [C-]#[N+]C[C@H]1CN(c2nc(OC[C@@H](C)OC3CC3)nc3c2CCN(c2cccc4cccc(C)c24)C3)CCN1C(=O)/C=C/CF. The van der Waals surface area contributed by atoms with Crippen LogP contribution in [0.25, 0.3) is 15.6 Å². The van der Waals surface area contributed by atoms with Crippen molar-refractivity contribution in [3.8, 4) is 6.01 Å². The van der Waals surface area contributed by atoms with Gasteiger partial charge in [0.15, 0.2) is 0 Å². The van der Waals surface area contributed by atoms with E-state index in [-0.39, 0.29) is 24.6 Å². The van der Waals surface area contributed by atoms with Crippen molar-refractivity contribution in [3.63, 3.8) is 0 Å². The number of halogens is 1. The Hall–Kier alpha value is -4.23. The van der Waals surface area contributed by atoms with Crippen LogP contribution in [0.4, 0.5) is 15.9 Å². The summed E-state index contributed by atoms with van der Waals surface area (Å²) in [6, 6.07) is 12.8. The number of carbonyl (C=O) groups excluding carboxylic acids is 1. The Balaban J connectivity index is 1.31. The van der Waals surface area contributed by atoms with Crippen LogP contribution in [0.1, 0.15) is 36.6 Å². The Kier molecular flexibility index (Phi) is 8.94. The number of hydrogen-bond acceptors (Lipinski definition) is 7. The van der Waals surface area contributed by atoms with Crippen LogP contribution in [-0.2, 0) is 22.5 Å². The smallest absolute Gasteiger partial charge is 0.318 e. The van der Waals surface area contributed by atoms with Crippen molar-refractivity contribution in [2.24, 2.45) is 0 Å². The largest absolute Gasteiger partial charge is 0.461 e. The van der Waals surface area contributed by atoms with Gasteiger partial charge >= 0.3 is 6.01 Å². The molecule has 1 saturated heterocycles. The second-order valence-electron chi connectivity index (χ2n) is 11.9.